The molecule has 0 unspecified atom stereocenters. The lowest BCUT2D eigenvalue weighted by atomic mass is 10.2. The lowest BCUT2D eigenvalue weighted by Gasteiger charge is -2.09. The van der Waals surface area contributed by atoms with Crippen LogP contribution in [0, 0.1) is 0 Å². The Labute approximate surface area is 108 Å². The quantitative estimate of drug-likeness (QED) is 0.786. The van der Waals surface area contributed by atoms with Crippen molar-refractivity contribution in [3.05, 3.63) is 29.8 Å². The molecule has 1 aromatic rings. The second-order valence-corrected chi connectivity index (χ2v) is 3.57. The van der Waals surface area contributed by atoms with Gasteiger partial charge in [0.25, 0.3) is 0 Å². The Hall–Kier alpha value is -1.97. The molecule has 0 aliphatic heterocycles. The van der Waals surface area contributed by atoms with E-state index in [0.717, 1.165) is 5.56 Å². The number of likely N-dealkylation sites (N-methyl/N-ethyl adjacent to an activating group) is 1. The third-order valence-corrected chi connectivity index (χ3v) is 2.27. The van der Waals surface area contributed by atoms with Gasteiger partial charge in [-0.2, -0.15) is 0 Å². The van der Waals surface area contributed by atoms with Crippen LogP contribution in [-0.2, 0) is 4.79 Å². The SMILES string of the molecule is CCNC(=O)/C=C/c1ccc(OCC)c(OC)c1. The molecule has 1 aromatic carbocycles. The Morgan fingerprint density at radius 3 is 2.72 bits per heavy atom. The molecule has 0 spiro atoms. The van der Waals surface area contributed by atoms with Gasteiger partial charge in [0, 0.05) is 12.6 Å². The molecule has 0 aliphatic carbocycles. The normalized spacial score (nSPS) is 10.4. The largest absolute Gasteiger partial charge is 0.493 e. The highest BCUT2D eigenvalue weighted by molar-refractivity contribution is 5.91. The van der Waals surface area contributed by atoms with Gasteiger partial charge in [0.1, 0.15) is 0 Å². The zero-order chi connectivity index (χ0) is 13.4. The fraction of sp³-hybridized carbons (Fsp3) is 0.357. The highest BCUT2D eigenvalue weighted by Crippen LogP contribution is 2.28. The van der Waals surface area contributed by atoms with E-state index in [2.05, 4.69) is 5.32 Å². The van der Waals surface area contributed by atoms with Gasteiger partial charge in [-0.15, -0.1) is 0 Å². The summed E-state index contributed by atoms with van der Waals surface area (Å²) in [4.78, 5) is 11.3. The number of carbonyl (C=O) groups excluding carboxylic acids is 1. The smallest absolute Gasteiger partial charge is 0.243 e. The first-order chi connectivity index (χ1) is 8.71. The highest BCUT2D eigenvalue weighted by atomic mass is 16.5. The summed E-state index contributed by atoms with van der Waals surface area (Å²) in [7, 11) is 1.59. The maximum Gasteiger partial charge on any atom is 0.243 e. The monoisotopic (exact) mass is 249 g/mol. The van der Waals surface area contributed by atoms with Gasteiger partial charge in [-0.25, -0.2) is 0 Å². The zero-order valence-electron chi connectivity index (χ0n) is 11.0. The van der Waals surface area contributed by atoms with Gasteiger partial charge < -0.3 is 14.8 Å². The van der Waals surface area contributed by atoms with Gasteiger partial charge in [0.2, 0.25) is 5.91 Å². The molecule has 0 heterocycles. The lowest BCUT2D eigenvalue weighted by molar-refractivity contribution is -0.116. The van der Waals surface area contributed by atoms with Crippen molar-refractivity contribution in [3.8, 4) is 11.5 Å². The van der Waals surface area contributed by atoms with Gasteiger partial charge in [0.05, 0.1) is 13.7 Å². The van der Waals surface area contributed by atoms with Crippen molar-refractivity contribution in [3.63, 3.8) is 0 Å². The molecule has 1 amide bonds. The average Bonchev–Trinajstić information content (AvgIpc) is 2.38. The van der Waals surface area contributed by atoms with Crippen molar-refractivity contribution in [1.82, 2.24) is 5.32 Å². The van der Waals surface area contributed by atoms with E-state index in [-0.39, 0.29) is 5.91 Å². The molecule has 0 bridgehead atoms. The van der Waals surface area contributed by atoms with Crippen LogP contribution in [-0.4, -0.2) is 26.2 Å². The molecule has 4 nitrogen and oxygen atoms in total. The van der Waals surface area contributed by atoms with Crippen molar-refractivity contribution in [2.24, 2.45) is 0 Å². The number of rotatable bonds is 6. The second-order valence-electron chi connectivity index (χ2n) is 3.57. The van der Waals surface area contributed by atoms with Crippen LogP contribution < -0.4 is 14.8 Å². The number of benzene rings is 1. The Balaban J connectivity index is 2.82. The van der Waals surface area contributed by atoms with E-state index in [4.69, 9.17) is 9.47 Å². The molecule has 0 saturated heterocycles. The third-order valence-electron chi connectivity index (χ3n) is 2.27. The molecule has 0 aliphatic rings. The second kappa shape index (κ2) is 7.37. The van der Waals surface area contributed by atoms with Gasteiger partial charge in [0.15, 0.2) is 11.5 Å². The number of nitrogens with one attached hydrogen (secondary N) is 1. The summed E-state index contributed by atoms with van der Waals surface area (Å²) in [5, 5.41) is 2.69. The van der Waals surface area contributed by atoms with Gasteiger partial charge in [-0.05, 0) is 37.6 Å². The number of hydrogen-bond acceptors (Lipinski definition) is 3. The maximum atomic E-state index is 11.3. The minimum atomic E-state index is -0.106. The van der Waals surface area contributed by atoms with Crippen molar-refractivity contribution < 1.29 is 14.3 Å². The Bertz CT molecular complexity index is 427. The van der Waals surface area contributed by atoms with E-state index in [0.29, 0.717) is 24.7 Å². The van der Waals surface area contributed by atoms with Crippen LogP contribution >= 0.6 is 0 Å². The van der Waals surface area contributed by atoms with Gasteiger partial charge in [-0.3, -0.25) is 4.79 Å². The molecule has 0 fully saturated rings. The number of hydrogen-bond donors (Lipinski definition) is 1. The molecule has 1 rings (SSSR count). The first-order valence-electron chi connectivity index (χ1n) is 5.98. The molecule has 4 heteroatoms. The van der Waals surface area contributed by atoms with E-state index in [9.17, 15) is 4.79 Å². The van der Waals surface area contributed by atoms with Gasteiger partial charge in [-0.1, -0.05) is 6.07 Å². The predicted octanol–water partition coefficient (Wildman–Crippen LogP) is 2.24. The van der Waals surface area contributed by atoms with E-state index < -0.39 is 0 Å². The molecular formula is C14H19NO3. The summed E-state index contributed by atoms with van der Waals surface area (Å²) >= 11 is 0. The van der Waals surface area contributed by atoms with Crippen LogP contribution in [0.4, 0.5) is 0 Å². The minimum absolute atomic E-state index is 0.106. The lowest BCUT2D eigenvalue weighted by Crippen LogP contribution is -2.19. The van der Waals surface area contributed by atoms with Crippen molar-refractivity contribution in [1.29, 1.82) is 0 Å². The number of carbonyl (C=O) groups is 1. The summed E-state index contributed by atoms with van der Waals surface area (Å²) in [5.41, 5.74) is 0.890. The fourth-order valence-corrected chi connectivity index (χ4v) is 1.47. The van der Waals surface area contributed by atoms with Crippen molar-refractivity contribution in [2.45, 2.75) is 13.8 Å². The summed E-state index contributed by atoms with van der Waals surface area (Å²) in [6.45, 7) is 5.01. The Kier molecular flexibility index (Phi) is 5.77. The molecule has 0 aromatic heterocycles. The van der Waals surface area contributed by atoms with Crippen LogP contribution in [0.1, 0.15) is 19.4 Å². The summed E-state index contributed by atoms with van der Waals surface area (Å²) in [5.74, 6) is 1.26. The minimum Gasteiger partial charge on any atom is -0.493 e. The van der Waals surface area contributed by atoms with Crippen LogP contribution in [0.3, 0.4) is 0 Å². The standard InChI is InChI=1S/C14H19NO3/c1-4-15-14(16)9-7-11-6-8-12(18-5-2)13(10-11)17-3/h6-10H,4-5H2,1-3H3,(H,15,16)/b9-7+. The van der Waals surface area contributed by atoms with E-state index in [1.54, 1.807) is 13.2 Å². The summed E-state index contributed by atoms with van der Waals surface area (Å²) in [6.07, 6.45) is 3.24. The van der Waals surface area contributed by atoms with Crippen LogP contribution in [0.25, 0.3) is 6.08 Å². The highest BCUT2D eigenvalue weighted by Gasteiger charge is 2.03. The molecule has 0 radical (unpaired) electrons. The maximum absolute atomic E-state index is 11.3. The van der Waals surface area contributed by atoms with E-state index >= 15 is 0 Å². The van der Waals surface area contributed by atoms with E-state index in [1.165, 1.54) is 6.08 Å². The Morgan fingerprint density at radius 1 is 1.33 bits per heavy atom. The summed E-state index contributed by atoms with van der Waals surface area (Å²) in [6, 6.07) is 5.55. The first kappa shape index (κ1) is 14.1. The van der Waals surface area contributed by atoms with Crippen molar-refractivity contribution >= 4 is 12.0 Å². The zero-order valence-corrected chi connectivity index (χ0v) is 11.0. The molecule has 98 valence electrons. The number of amides is 1. The number of methoxy groups -OCH3 is 1. The fourth-order valence-electron chi connectivity index (χ4n) is 1.47. The third kappa shape index (κ3) is 4.13. The van der Waals surface area contributed by atoms with Crippen molar-refractivity contribution in [2.75, 3.05) is 20.3 Å². The first-order valence-corrected chi connectivity index (χ1v) is 5.98. The van der Waals surface area contributed by atoms with Gasteiger partial charge >= 0.3 is 0 Å². The molecule has 18 heavy (non-hydrogen) atoms. The van der Waals surface area contributed by atoms with Crippen LogP contribution in [0.2, 0.25) is 0 Å². The van der Waals surface area contributed by atoms with Crippen LogP contribution in [0.15, 0.2) is 24.3 Å². The Morgan fingerprint density at radius 2 is 2.11 bits per heavy atom. The average molecular weight is 249 g/mol. The van der Waals surface area contributed by atoms with E-state index in [1.807, 2.05) is 32.0 Å². The molecule has 0 atom stereocenters. The molecule has 1 N–H and O–H groups in total. The molecular weight excluding hydrogens is 230 g/mol. The topological polar surface area (TPSA) is 47.6 Å². The summed E-state index contributed by atoms with van der Waals surface area (Å²) < 4.78 is 10.7. The predicted molar refractivity (Wildman–Crippen MR) is 71.9 cm³/mol. The number of ether oxygens (including phenoxy) is 2. The van der Waals surface area contributed by atoms with Crippen LogP contribution in [0.5, 0.6) is 11.5 Å². The molecule has 0 saturated carbocycles.